The van der Waals surface area contributed by atoms with Crippen molar-refractivity contribution in [3.05, 3.63) is 46.6 Å². The smallest absolute Gasteiger partial charge is 0.251 e. The molecule has 1 aliphatic rings. The van der Waals surface area contributed by atoms with E-state index in [9.17, 15) is 4.79 Å². The number of carbonyl (C=O) groups is 1. The van der Waals surface area contributed by atoms with Crippen LogP contribution < -0.4 is 10.2 Å². The summed E-state index contributed by atoms with van der Waals surface area (Å²) in [5, 5.41) is 3.74. The molecule has 0 radical (unpaired) electrons. The zero-order valence-electron chi connectivity index (χ0n) is 18.7. The second kappa shape index (κ2) is 10.3. The number of aryl methyl sites for hydroxylation is 1. The summed E-state index contributed by atoms with van der Waals surface area (Å²) in [6.07, 6.45) is 0. The Morgan fingerprint density at radius 1 is 1.17 bits per heavy atom. The second-order valence-corrected chi connectivity index (χ2v) is 9.02. The number of piperazine rings is 1. The van der Waals surface area contributed by atoms with Gasteiger partial charge in [-0.25, -0.2) is 9.97 Å². The lowest BCUT2D eigenvalue weighted by Gasteiger charge is -2.35. The lowest BCUT2D eigenvalue weighted by Crippen LogP contribution is -2.46. The molecule has 1 N–H and O–H groups in total. The van der Waals surface area contributed by atoms with Gasteiger partial charge in [-0.1, -0.05) is 30.8 Å². The fourth-order valence-corrected chi connectivity index (χ4v) is 4.36. The van der Waals surface area contributed by atoms with E-state index in [4.69, 9.17) is 9.97 Å². The molecule has 7 heteroatoms. The van der Waals surface area contributed by atoms with Gasteiger partial charge in [0.05, 0.1) is 0 Å². The van der Waals surface area contributed by atoms with Crippen molar-refractivity contribution in [1.82, 2.24) is 20.2 Å². The van der Waals surface area contributed by atoms with E-state index < -0.39 is 0 Å². The largest absolute Gasteiger partial charge is 0.354 e. The maximum atomic E-state index is 12.3. The lowest BCUT2D eigenvalue weighted by atomic mass is 10.1. The molecule has 30 heavy (non-hydrogen) atoms. The number of carbonyl (C=O) groups excluding carboxylic acids is 1. The van der Waals surface area contributed by atoms with Crippen LogP contribution in [0.25, 0.3) is 0 Å². The molecule has 1 aliphatic heterocycles. The predicted molar refractivity (Wildman–Crippen MR) is 124 cm³/mol. The molecule has 0 spiro atoms. The Balaban J connectivity index is 1.70. The van der Waals surface area contributed by atoms with E-state index in [0.29, 0.717) is 5.56 Å². The molecular weight excluding hydrogens is 394 g/mol. The summed E-state index contributed by atoms with van der Waals surface area (Å²) in [5.41, 5.74) is 3.98. The molecule has 0 unspecified atom stereocenters. The normalized spacial score (nSPS) is 14.9. The third kappa shape index (κ3) is 5.73. The van der Waals surface area contributed by atoms with Gasteiger partial charge in [0.25, 0.3) is 5.91 Å². The molecule has 1 aromatic heterocycles. The number of thioether (sulfide) groups is 1. The Morgan fingerprint density at radius 3 is 2.57 bits per heavy atom. The summed E-state index contributed by atoms with van der Waals surface area (Å²) in [5.74, 6) is 1.76. The van der Waals surface area contributed by atoms with E-state index in [1.807, 2.05) is 38.1 Å². The molecule has 2 aromatic rings. The van der Waals surface area contributed by atoms with Gasteiger partial charge in [-0.2, -0.15) is 0 Å². The van der Waals surface area contributed by atoms with Gasteiger partial charge >= 0.3 is 0 Å². The number of anilines is 1. The van der Waals surface area contributed by atoms with Gasteiger partial charge in [-0.15, -0.1) is 0 Å². The van der Waals surface area contributed by atoms with Crippen molar-refractivity contribution in [3.63, 3.8) is 0 Å². The number of rotatable bonds is 7. The number of benzene rings is 1. The SMILES string of the molecule is CCN1CCN(c2nc(SCc3cccc(C(=O)NC(C)C)c3)nc(C)c2C)CC1. The number of aromatic nitrogens is 2. The lowest BCUT2D eigenvalue weighted by molar-refractivity contribution is 0.0943. The fraction of sp³-hybridized carbons (Fsp3) is 0.522. The minimum atomic E-state index is -0.0345. The predicted octanol–water partition coefficient (Wildman–Crippen LogP) is 3.67. The van der Waals surface area contributed by atoms with Crippen LogP contribution in [0.3, 0.4) is 0 Å². The van der Waals surface area contributed by atoms with E-state index >= 15 is 0 Å². The van der Waals surface area contributed by atoms with Crippen LogP contribution >= 0.6 is 11.8 Å². The third-order valence-electron chi connectivity index (χ3n) is 5.44. The topological polar surface area (TPSA) is 61.4 Å². The maximum Gasteiger partial charge on any atom is 0.251 e. The van der Waals surface area contributed by atoms with E-state index in [1.165, 1.54) is 0 Å². The highest BCUT2D eigenvalue weighted by Gasteiger charge is 2.20. The van der Waals surface area contributed by atoms with Gasteiger partial charge < -0.3 is 15.1 Å². The molecular formula is C23H33N5OS. The van der Waals surface area contributed by atoms with E-state index in [-0.39, 0.29) is 11.9 Å². The van der Waals surface area contributed by atoms with E-state index in [0.717, 1.165) is 66.3 Å². The van der Waals surface area contributed by atoms with Crippen molar-refractivity contribution < 1.29 is 4.79 Å². The fourth-order valence-electron chi connectivity index (χ4n) is 3.53. The van der Waals surface area contributed by atoms with Crippen LogP contribution in [0.15, 0.2) is 29.4 Å². The highest BCUT2D eigenvalue weighted by Crippen LogP contribution is 2.27. The van der Waals surface area contributed by atoms with Crippen molar-refractivity contribution in [2.45, 2.75) is 51.6 Å². The number of hydrogen-bond acceptors (Lipinski definition) is 6. The molecule has 2 heterocycles. The number of likely N-dealkylation sites (N-methyl/N-ethyl adjacent to an activating group) is 1. The Bertz CT molecular complexity index is 878. The summed E-state index contributed by atoms with van der Waals surface area (Å²) in [6.45, 7) is 15.6. The Morgan fingerprint density at radius 2 is 1.90 bits per heavy atom. The van der Waals surface area contributed by atoms with Crippen molar-refractivity contribution in [2.75, 3.05) is 37.6 Å². The highest BCUT2D eigenvalue weighted by molar-refractivity contribution is 7.98. The molecule has 1 saturated heterocycles. The quantitative estimate of drug-likeness (QED) is 0.537. The summed E-state index contributed by atoms with van der Waals surface area (Å²) in [7, 11) is 0. The second-order valence-electron chi connectivity index (χ2n) is 8.08. The molecule has 162 valence electrons. The molecule has 1 amide bonds. The summed E-state index contributed by atoms with van der Waals surface area (Å²) < 4.78 is 0. The van der Waals surface area contributed by atoms with Crippen molar-refractivity contribution in [2.24, 2.45) is 0 Å². The van der Waals surface area contributed by atoms with Crippen LogP contribution in [0.1, 0.15) is 48.0 Å². The van der Waals surface area contributed by atoms with Crippen LogP contribution in [0, 0.1) is 13.8 Å². The first kappa shape index (κ1) is 22.6. The zero-order chi connectivity index (χ0) is 21.7. The van der Waals surface area contributed by atoms with Crippen molar-refractivity contribution in [3.8, 4) is 0 Å². The minimum absolute atomic E-state index is 0.0345. The molecule has 0 atom stereocenters. The minimum Gasteiger partial charge on any atom is -0.354 e. The highest BCUT2D eigenvalue weighted by atomic mass is 32.2. The van der Waals surface area contributed by atoms with Gasteiger partial charge in [0.15, 0.2) is 5.16 Å². The van der Waals surface area contributed by atoms with E-state index in [1.54, 1.807) is 11.8 Å². The summed E-state index contributed by atoms with van der Waals surface area (Å²) in [6, 6.07) is 7.91. The maximum absolute atomic E-state index is 12.3. The summed E-state index contributed by atoms with van der Waals surface area (Å²) in [4.78, 5) is 26.7. The van der Waals surface area contributed by atoms with Crippen molar-refractivity contribution >= 4 is 23.5 Å². The molecule has 1 fully saturated rings. The van der Waals surface area contributed by atoms with Crippen LogP contribution in [-0.2, 0) is 5.75 Å². The average Bonchev–Trinajstić information content (AvgIpc) is 2.74. The number of hydrogen-bond donors (Lipinski definition) is 1. The Labute approximate surface area is 184 Å². The first-order valence-corrected chi connectivity index (χ1v) is 11.7. The van der Waals surface area contributed by atoms with Gasteiger partial charge in [-0.05, 0) is 51.9 Å². The first-order chi connectivity index (χ1) is 14.4. The molecule has 6 nitrogen and oxygen atoms in total. The Hall–Kier alpha value is -2.12. The average molecular weight is 428 g/mol. The van der Waals surface area contributed by atoms with Gasteiger partial charge in [-0.3, -0.25) is 4.79 Å². The zero-order valence-corrected chi connectivity index (χ0v) is 19.6. The van der Waals surface area contributed by atoms with Crippen LogP contribution in [0.2, 0.25) is 0 Å². The molecule has 1 aromatic carbocycles. The van der Waals surface area contributed by atoms with Gasteiger partial charge in [0.1, 0.15) is 5.82 Å². The van der Waals surface area contributed by atoms with Crippen LogP contribution in [-0.4, -0.2) is 59.5 Å². The summed E-state index contributed by atoms with van der Waals surface area (Å²) >= 11 is 1.62. The number of amides is 1. The molecule has 3 rings (SSSR count). The standard InChI is InChI=1S/C23H33N5OS/c1-6-27-10-12-28(13-11-27)21-17(4)18(5)25-23(26-21)30-15-19-8-7-9-20(14-19)22(29)24-16(2)3/h7-9,14,16H,6,10-13,15H2,1-5H3,(H,24,29). The van der Waals surface area contributed by atoms with Crippen LogP contribution in [0.4, 0.5) is 5.82 Å². The third-order valence-corrected chi connectivity index (χ3v) is 6.36. The van der Waals surface area contributed by atoms with Gasteiger partial charge in [0.2, 0.25) is 0 Å². The molecule has 0 saturated carbocycles. The molecule has 0 aliphatic carbocycles. The molecule has 0 bridgehead atoms. The van der Waals surface area contributed by atoms with Crippen molar-refractivity contribution in [1.29, 1.82) is 0 Å². The number of nitrogens with one attached hydrogen (secondary N) is 1. The van der Waals surface area contributed by atoms with Gasteiger partial charge in [0, 0.05) is 54.8 Å². The Kier molecular flexibility index (Phi) is 7.72. The first-order valence-electron chi connectivity index (χ1n) is 10.7. The monoisotopic (exact) mass is 427 g/mol. The van der Waals surface area contributed by atoms with Crippen LogP contribution in [0.5, 0.6) is 0 Å². The number of nitrogens with zero attached hydrogens (tertiary/aromatic N) is 4. The van der Waals surface area contributed by atoms with E-state index in [2.05, 4.69) is 35.9 Å².